The molecule has 1 aliphatic heterocycles. The Morgan fingerprint density at radius 3 is 1.67 bits per heavy atom. The molecule has 1 heterocycles. The lowest BCUT2D eigenvalue weighted by Gasteiger charge is -2.40. The number of carbonyl (C=O) groups is 1. The van der Waals surface area contributed by atoms with E-state index in [1.165, 1.54) is 109 Å². The highest BCUT2D eigenvalue weighted by Gasteiger charge is 2.44. The summed E-state index contributed by atoms with van der Waals surface area (Å²) in [5, 5.41) is 64.4. The van der Waals surface area contributed by atoms with Crippen LogP contribution in [0.3, 0.4) is 0 Å². The topological polar surface area (TPSA) is 169 Å². The molecular weight excluding hydrogens is 662 g/mol. The number of aliphatic hydroxyl groups excluding tert-OH is 6. The molecule has 10 heteroatoms. The predicted octanol–water partition coefficient (Wildman–Crippen LogP) is 6.91. The highest BCUT2D eigenvalue weighted by atomic mass is 16.7. The number of nitrogens with one attached hydrogen (secondary N) is 1. The van der Waals surface area contributed by atoms with E-state index in [0.717, 1.165) is 32.1 Å². The monoisotopic (exact) mass is 742 g/mol. The van der Waals surface area contributed by atoms with E-state index in [2.05, 4.69) is 31.3 Å². The van der Waals surface area contributed by atoms with Crippen LogP contribution in [0, 0.1) is 0 Å². The summed E-state index contributed by atoms with van der Waals surface area (Å²) in [5.41, 5.74) is 0. The minimum Gasteiger partial charge on any atom is -0.394 e. The van der Waals surface area contributed by atoms with Gasteiger partial charge in [-0.25, -0.2) is 0 Å². The zero-order chi connectivity index (χ0) is 38.2. The molecule has 1 aliphatic rings. The molecule has 0 radical (unpaired) electrons. The second-order valence-electron chi connectivity index (χ2n) is 14.9. The van der Waals surface area contributed by atoms with Gasteiger partial charge in [0, 0.05) is 0 Å². The number of amides is 1. The lowest BCUT2D eigenvalue weighted by Crippen LogP contribution is -2.60. The van der Waals surface area contributed by atoms with Crippen molar-refractivity contribution in [2.45, 2.75) is 223 Å². The third-order valence-electron chi connectivity index (χ3n) is 10.1. The maximum atomic E-state index is 13.0. The summed E-state index contributed by atoms with van der Waals surface area (Å²) in [6.45, 7) is 3.55. The molecule has 0 aromatic heterocycles. The van der Waals surface area contributed by atoms with Crippen molar-refractivity contribution in [2.75, 3.05) is 13.2 Å². The van der Waals surface area contributed by atoms with E-state index in [9.17, 15) is 35.4 Å². The Morgan fingerprint density at radius 2 is 1.13 bits per heavy atom. The van der Waals surface area contributed by atoms with Gasteiger partial charge in [0.25, 0.3) is 0 Å². The molecule has 1 amide bonds. The molecule has 0 aromatic carbocycles. The number of ether oxygens (including phenoxy) is 2. The number of allylic oxidation sites excluding steroid dienone is 3. The fraction of sp³-hybridized carbons (Fsp3) is 0.881. The summed E-state index contributed by atoms with van der Waals surface area (Å²) >= 11 is 0. The van der Waals surface area contributed by atoms with Crippen molar-refractivity contribution < 1.29 is 44.9 Å². The molecule has 1 rings (SSSR count). The minimum absolute atomic E-state index is 0.307. The Labute approximate surface area is 316 Å². The van der Waals surface area contributed by atoms with Gasteiger partial charge in [-0.3, -0.25) is 4.79 Å². The molecule has 10 nitrogen and oxygen atoms in total. The maximum Gasteiger partial charge on any atom is 0.249 e. The molecular formula is C42H79NO9. The van der Waals surface area contributed by atoms with Gasteiger partial charge >= 0.3 is 0 Å². The molecule has 0 saturated carbocycles. The normalized spacial score (nSPS) is 22.7. The maximum absolute atomic E-state index is 13.0. The third-order valence-corrected chi connectivity index (χ3v) is 10.1. The van der Waals surface area contributed by atoms with Crippen molar-refractivity contribution >= 4 is 5.91 Å². The van der Waals surface area contributed by atoms with E-state index in [-0.39, 0.29) is 6.61 Å². The van der Waals surface area contributed by atoms with Gasteiger partial charge in [-0.05, 0) is 32.1 Å². The lowest BCUT2D eigenvalue weighted by atomic mass is 9.99. The van der Waals surface area contributed by atoms with Gasteiger partial charge in [0.05, 0.1) is 25.4 Å². The first kappa shape index (κ1) is 48.6. The molecule has 0 aromatic rings. The Bertz CT molecular complexity index is 886. The van der Waals surface area contributed by atoms with Gasteiger partial charge in [0.1, 0.15) is 30.5 Å². The van der Waals surface area contributed by atoms with Gasteiger partial charge in [-0.15, -0.1) is 0 Å². The first-order valence-electron chi connectivity index (χ1n) is 21.2. The van der Waals surface area contributed by atoms with Crippen LogP contribution < -0.4 is 5.32 Å². The van der Waals surface area contributed by atoms with Crippen molar-refractivity contribution in [3.63, 3.8) is 0 Å². The van der Waals surface area contributed by atoms with Crippen molar-refractivity contribution in [1.82, 2.24) is 5.32 Å². The number of unbranched alkanes of at least 4 members (excludes halogenated alkanes) is 21. The molecule has 8 unspecified atom stereocenters. The summed E-state index contributed by atoms with van der Waals surface area (Å²) in [7, 11) is 0. The SMILES string of the molecule is CCCCCCC/C=C/CC/C=C/C(O)C(COC1OC(CO)C(O)C(O)C1O)NC(=O)C(O)CCCCCCCCCCCCCCCCCC. The van der Waals surface area contributed by atoms with E-state index in [0.29, 0.717) is 19.3 Å². The van der Waals surface area contributed by atoms with Crippen LogP contribution in [0.2, 0.25) is 0 Å². The highest BCUT2D eigenvalue weighted by Crippen LogP contribution is 2.22. The minimum atomic E-state index is -1.61. The zero-order valence-corrected chi connectivity index (χ0v) is 32.9. The van der Waals surface area contributed by atoms with Gasteiger partial charge in [0.15, 0.2) is 6.29 Å². The van der Waals surface area contributed by atoms with Crippen molar-refractivity contribution in [3.8, 4) is 0 Å². The molecule has 1 saturated heterocycles. The Morgan fingerprint density at radius 1 is 0.654 bits per heavy atom. The first-order chi connectivity index (χ1) is 25.3. The van der Waals surface area contributed by atoms with Gasteiger partial charge in [-0.1, -0.05) is 167 Å². The summed E-state index contributed by atoms with van der Waals surface area (Å²) in [6, 6.07) is -0.991. The largest absolute Gasteiger partial charge is 0.394 e. The van der Waals surface area contributed by atoms with Crippen LogP contribution in [0.15, 0.2) is 24.3 Å². The molecule has 306 valence electrons. The zero-order valence-electron chi connectivity index (χ0n) is 32.9. The molecule has 52 heavy (non-hydrogen) atoms. The van der Waals surface area contributed by atoms with Crippen molar-refractivity contribution in [2.24, 2.45) is 0 Å². The van der Waals surface area contributed by atoms with Crippen molar-refractivity contribution in [1.29, 1.82) is 0 Å². The van der Waals surface area contributed by atoms with Gasteiger partial charge < -0.3 is 45.4 Å². The van der Waals surface area contributed by atoms with Crippen LogP contribution in [-0.4, -0.2) is 98.7 Å². The second-order valence-corrected chi connectivity index (χ2v) is 14.9. The Hall–Kier alpha value is -1.37. The van der Waals surface area contributed by atoms with Crippen LogP contribution in [0.5, 0.6) is 0 Å². The van der Waals surface area contributed by atoms with Gasteiger partial charge in [-0.2, -0.15) is 0 Å². The van der Waals surface area contributed by atoms with E-state index < -0.39 is 61.5 Å². The highest BCUT2D eigenvalue weighted by molar-refractivity contribution is 5.80. The fourth-order valence-corrected chi connectivity index (χ4v) is 6.59. The average Bonchev–Trinajstić information content (AvgIpc) is 3.14. The Balaban J connectivity index is 2.46. The molecule has 0 spiro atoms. The number of aliphatic hydroxyl groups is 6. The number of carbonyl (C=O) groups excluding carboxylic acids is 1. The Kier molecular flexibility index (Phi) is 30.9. The van der Waals surface area contributed by atoms with Gasteiger partial charge in [0.2, 0.25) is 5.91 Å². The third kappa shape index (κ3) is 23.4. The summed E-state index contributed by atoms with van der Waals surface area (Å²) < 4.78 is 11.1. The van der Waals surface area contributed by atoms with Crippen LogP contribution in [0.25, 0.3) is 0 Å². The summed E-state index contributed by atoms with van der Waals surface area (Å²) in [4.78, 5) is 13.0. The van der Waals surface area contributed by atoms with Crippen molar-refractivity contribution in [3.05, 3.63) is 24.3 Å². The van der Waals surface area contributed by atoms with E-state index in [1.807, 2.05) is 6.08 Å². The molecule has 0 aliphatic carbocycles. The molecule has 0 bridgehead atoms. The van der Waals surface area contributed by atoms with E-state index >= 15 is 0 Å². The smallest absolute Gasteiger partial charge is 0.249 e. The predicted molar refractivity (Wildman–Crippen MR) is 209 cm³/mol. The van der Waals surface area contributed by atoms with E-state index in [1.54, 1.807) is 6.08 Å². The van der Waals surface area contributed by atoms with Crippen LogP contribution in [0.4, 0.5) is 0 Å². The molecule has 8 atom stereocenters. The average molecular weight is 742 g/mol. The standard InChI is InChI=1S/C42H79NO9/c1-3-5-7-9-11-13-15-16-17-18-19-21-23-25-27-29-31-36(46)41(50)43-34(33-51-42-40(49)39(48)38(47)37(32-44)52-42)35(45)30-28-26-24-22-20-14-12-10-8-6-4-2/h20,22,28,30,34-40,42,44-49H,3-19,21,23-27,29,31-33H2,1-2H3,(H,43,50)/b22-20+,30-28+. The molecule has 1 fully saturated rings. The quantitative estimate of drug-likeness (QED) is 0.0274. The van der Waals surface area contributed by atoms with Crippen LogP contribution in [0.1, 0.15) is 174 Å². The second kappa shape index (κ2) is 33.0. The number of hydrogen-bond donors (Lipinski definition) is 7. The van der Waals surface area contributed by atoms with Crippen LogP contribution >= 0.6 is 0 Å². The number of hydrogen-bond acceptors (Lipinski definition) is 9. The molecule has 7 N–H and O–H groups in total. The van der Waals surface area contributed by atoms with Crippen LogP contribution in [-0.2, 0) is 14.3 Å². The van der Waals surface area contributed by atoms with E-state index in [4.69, 9.17) is 9.47 Å². The summed E-state index contributed by atoms with van der Waals surface area (Å²) in [5.74, 6) is -0.627. The summed E-state index contributed by atoms with van der Waals surface area (Å²) in [6.07, 6.45) is 27.0. The fourth-order valence-electron chi connectivity index (χ4n) is 6.59. The lowest BCUT2D eigenvalue weighted by molar-refractivity contribution is -0.302. The first-order valence-corrected chi connectivity index (χ1v) is 21.2. The number of rotatable bonds is 34.